The van der Waals surface area contributed by atoms with Crippen molar-refractivity contribution in [2.75, 3.05) is 0 Å². The summed E-state index contributed by atoms with van der Waals surface area (Å²) in [6.07, 6.45) is 0. The molecule has 0 aliphatic heterocycles. The minimum absolute atomic E-state index is 0.325. The maximum absolute atomic E-state index is 9.78. The van der Waals surface area contributed by atoms with Crippen LogP contribution >= 0.6 is 11.3 Å². The number of ether oxygens (including phenoxy) is 1. The first kappa shape index (κ1) is 12.9. The first-order valence-electron chi connectivity index (χ1n) is 6.38. The third-order valence-electron chi connectivity index (χ3n) is 3.17. The van der Waals surface area contributed by atoms with E-state index in [2.05, 4.69) is 4.98 Å². The minimum atomic E-state index is 0.325. The SMILES string of the molecule is Cc1nc2ccc(Oc3cc(C)c(O)c(C)c3)cc2s1. The molecule has 3 rings (SSSR count). The summed E-state index contributed by atoms with van der Waals surface area (Å²) < 4.78 is 7.00. The number of aromatic nitrogens is 1. The molecule has 0 saturated carbocycles. The van der Waals surface area contributed by atoms with Gasteiger partial charge in [-0.1, -0.05) is 0 Å². The molecule has 0 aliphatic rings. The standard InChI is InChI=1S/C16H15NO2S/c1-9-6-13(7-10(2)16(9)18)19-12-4-5-14-15(8-12)20-11(3)17-14/h4-8,18H,1-3H3. The summed E-state index contributed by atoms with van der Waals surface area (Å²) in [4.78, 5) is 4.43. The molecule has 3 nitrogen and oxygen atoms in total. The minimum Gasteiger partial charge on any atom is -0.507 e. The molecule has 3 aromatic rings. The summed E-state index contributed by atoms with van der Waals surface area (Å²) in [5, 5.41) is 10.8. The molecule has 1 heterocycles. The zero-order valence-corrected chi connectivity index (χ0v) is 12.4. The summed E-state index contributed by atoms with van der Waals surface area (Å²) in [6, 6.07) is 9.56. The maximum Gasteiger partial charge on any atom is 0.128 e. The van der Waals surface area contributed by atoms with Gasteiger partial charge in [-0.2, -0.15) is 0 Å². The molecule has 102 valence electrons. The number of rotatable bonds is 2. The van der Waals surface area contributed by atoms with Gasteiger partial charge >= 0.3 is 0 Å². The molecule has 0 unspecified atom stereocenters. The highest BCUT2D eigenvalue weighted by Gasteiger charge is 2.07. The van der Waals surface area contributed by atoms with E-state index in [0.717, 1.165) is 37.9 Å². The Balaban J connectivity index is 1.96. The molecule has 2 aromatic carbocycles. The van der Waals surface area contributed by atoms with Gasteiger partial charge in [0.05, 0.1) is 15.2 Å². The highest BCUT2D eigenvalue weighted by atomic mass is 32.1. The monoisotopic (exact) mass is 285 g/mol. The van der Waals surface area contributed by atoms with Crippen molar-refractivity contribution in [3.05, 3.63) is 46.5 Å². The number of phenols is 1. The number of phenolic OH excluding ortho intramolecular Hbond substituents is 1. The lowest BCUT2D eigenvalue weighted by molar-refractivity contribution is 0.457. The number of hydrogen-bond acceptors (Lipinski definition) is 4. The van der Waals surface area contributed by atoms with E-state index in [-0.39, 0.29) is 0 Å². The number of aryl methyl sites for hydroxylation is 3. The molecule has 0 amide bonds. The molecule has 1 aromatic heterocycles. The Labute approximate surface area is 121 Å². The molecule has 0 atom stereocenters. The van der Waals surface area contributed by atoms with E-state index in [1.54, 1.807) is 11.3 Å². The maximum atomic E-state index is 9.78. The topological polar surface area (TPSA) is 42.4 Å². The van der Waals surface area contributed by atoms with Crippen LogP contribution in [0.3, 0.4) is 0 Å². The Bertz CT molecular complexity index is 769. The van der Waals surface area contributed by atoms with Crippen LogP contribution < -0.4 is 4.74 Å². The molecular formula is C16H15NO2S. The second-order valence-electron chi connectivity index (χ2n) is 4.87. The molecule has 0 saturated heterocycles. The van der Waals surface area contributed by atoms with Crippen molar-refractivity contribution >= 4 is 21.6 Å². The van der Waals surface area contributed by atoms with Gasteiger partial charge in [0.1, 0.15) is 17.2 Å². The number of thiazole rings is 1. The van der Waals surface area contributed by atoms with Gasteiger partial charge in [0, 0.05) is 6.07 Å². The predicted molar refractivity (Wildman–Crippen MR) is 82.0 cm³/mol. The molecule has 0 fully saturated rings. The van der Waals surface area contributed by atoms with Crippen LogP contribution in [0, 0.1) is 20.8 Å². The average molecular weight is 285 g/mol. The van der Waals surface area contributed by atoms with Gasteiger partial charge < -0.3 is 9.84 Å². The molecule has 20 heavy (non-hydrogen) atoms. The Kier molecular flexibility index (Phi) is 3.10. The number of nitrogens with zero attached hydrogens (tertiary/aromatic N) is 1. The van der Waals surface area contributed by atoms with Crippen molar-refractivity contribution in [2.24, 2.45) is 0 Å². The molecule has 0 spiro atoms. The molecular weight excluding hydrogens is 270 g/mol. The summed E-state index contributed by atoms with van der Waals surface area (Å²) in [5.41, 5.74) is 2.63. The van der Waals surface area contributed by atoms with E-state index in [0.29, 0.717) is 5.75 Å². The second kappa shape index (κ2) is 4.80. The van der Waals surface area contributed by atoms with E-state index in [1.165, 1.54) is 0 Å². The summed E-state index contributed by atoms with van der Waals surface area (Å²) in [7, 11) is 0. The second-order valence-corrected chi connectivity index (χ2v) is 6.10. The van der Waals surface area contributed by atoms with Crippen molar-refractivity contribution in [1.82, 2.24) is 4.98 Å². The van der Waals surface area contributed by atoms with Gasteiger partial charge in [-0.3, -0.25) is 0 Å². The zero-order valence-electron chi connectivity index (χ0n) is 11.6. The lowest BCUT2D eigenvalue weighted by Crippen LogP contribution is -1.87. The van der Waals surface area contributed by atoms with Crippen LogP contribution in [0.5, 0.6) is 17.2 Å². The molecule has 0 aliphatic carbocycles. The Morgan fingerprint density at radius 1 is 1.00 bits per heavy atom. The summed E-state index contributed by atoms with van der Waals surface area (Å²) in [6.45, 7) is 5.73. The highest BCUT2D eigenvalue weighted by molar-refractivity contribution is 7.18. The van der Waals surface area contributed by atoms with Crippen molar-refractivity contribution in [1.29, 1.82) is 0 Å². The fourth-order valence-corrected chi connectivity index (χ4v) is 3.05. The summed E-state index contributed by atoms with van der Waals surface area (Å²) in [5.74, 6) is 1.84. The summed E-state index contributed by atoms with van der Waals surface area (Å²) >= 11 is 1.65. The van der Waals surface area contributed by atoms with E-state index < -0.39 is 0 Å². The first-order chi connectivity index (χ1) is 9.52. The van der Waals surface area contributed by atoms with Gasteiger partial charge in [-0.15, -0.1) is 11.3 Å². The fraction of sp³-hybridized carbons (Fsp3) is 0.188. The van der Waals surface area contributed by atoms with Gasteiger partial charge in [0.15, 0.2) is 0 Å². The first-order valence-corrected chi connectivity index (χ1v) is 7.20. The number of benzene rings is 2. The molecule has 4 heteroatoms. The predicted octanol–water partition coefficient (Wildman–Crippen LogP) is 4.72. The van der Waals surface area contributed by atoms with Crippen molar-refractivity contribution in [3.8, 4) is 17.2 Å². The normalized spacial score (nSPS) is 10.9. The van der Waals surface area contributed by atoms with Crippen LogP contribution in [0.4, 0.5) is 0 Å². The molecule has 0 radical (unpaired) electrons. The van der Waals surface area contributed by atoms with Crippen LogP contribution in [0.15, 0.2) is 30.3 Å². The highest BCUT2D eigenvalue weighted by Crippen LogP contribution is 2.32. The third kappa shape index (κ3) is 2.34. The lowest BCUT2D eigenvalue weighted by atomic mass is 10.1. The van der Waals surface area contributed by atoms with Gasteiger partial charge in [-0.05, 0) is 56.2 Å². The van der Waals surface area contributed by atoms with E-state index >= 15 is 0 Å². The van der Waals surface area contributed by atoms with E-state index in [9.17, 15) is 5.11 Å². The van der Waals surface area contributed by atoms with Crippen LogP contribution in [0.2, 0.25) is 0 Å². The van der Waals surface area contributed by atoms with Gasteiger partial charge in [0.25, 0.3) is 0 Å². The smallest absolute Gasteiger partial charge is 0.128 e. The Hall–Kier alpha value is -2.07. The number of hydrogen-bond donors (Lipinski definition) is 1. The Morgan fingerprint density at radius 3 is 2.40 bits per heavy atom. The van der Waals surface area contributed by atoms with Gasteiger partial charge in [-0.25, -0.2) is 4.98 Å². The largest absolute Gasteiger partial charge is 0.507 e. The van der Waals surface area contributed by atoms with Crippen LogP contribution in [0.1, 0.15) is 16.1 Å². The van der Waals surface area contributed by atoms with E-state index in [1.807, 2.05) is 51.1 Å². The van der Waals surface area contributed by atoms with Crippen molar-refractivity contribution in [2.45, 2.75) is 20.8 Å². The third-order valence-corrected chi connectivity index (χ3v) is 4.10. The van der Waals surface area contributed by atoms with Crippen LogP contribution in [-0.4, -0.2) is 10.1 Å². The average Bonchev–Trinajstić information content (AvgIpc) is 2.75. The quantitative estimate of drug-likeness (QED) is 0.740. The molecule has 1 N–H and O–H groups in total. The zero-order chi connectivity index (χ0) is 14.3. The van der Waals surface area contributed by atoms with Gasteiger partial charge in [0.2, 0.25) is 0 Å². The molecule has 0 bridgehead atoms. The van der Waals surface area contributed by atoms with E-state index in [4.69, 9.17) is 4.74 Å². The number of fused-ring (bicyclic) bond motifs is 1. The lowest BCUT2D eigenvalue weighted by Gasteiger charge is -2.09. The van der Waals surface area contributed by atoms with Crippen LogP contribution in [0.25, 0.3) is 10.2 Å². The van der Waals surface area contributed by atoms with Crippen molar-refractivity contribution in [3.63, 3.8) is 0 Å². The van der Waals surface area contributed by atoms with Crippen molar-refractivity contribution < 1.29 is 9.84 Å². The fourth-order valence-electron chi connectivity index (χ4n) is 2.19. The van der Waals surface area contributed by atoms with Crippen LogP contribution in [-0.2, 0) is 0 Å². The number of aromatic hydroxyl groups is 1. The Morgan fingerprint density at radius 2 is 1.70 bits per heavy atom.